The van der Waals surface area contributed by atoms with Crippen molar-refractivity contribution in [2.45, 2.75) is 31.3 Å². The highest BCUT2D eigenvalue weighted by Gasteiger charge is 2.58. The minimum Gasteiger partial charge on any atom is -0.377 e. The molecular formula is C17H13F6N5O2S. The lowest BCUT2D eigenvalue weighted by atomic mass is 9.84. The van der Waals surface area contributed by atoms with Gasteiger partial charge in [-0.05, 0) is 36.0 Å². The molecule has 7 nitrogen and oxygen atoms in total. The summed E-state index contributed by atoms with van der Waals surface area (Å²) >= 11 is 4.82. The lowest BCUT2D eigenvalue weighted by Gasteiger charge is -2.36. The fourth-order valence-electron chi connectivity index (χ4n) is 2.79. The van der Waals surface area contributed by atoms with E-state index in [9.17, 15) is 22.7 Å². The maximum Gasteiger partial charge on any atom is 0.345 e. The van der Waals surface area contributed by atoms with Gasteiger partial charge in [-0.15, -0.1) is 0 Å². The van der Waals surface area contributed by atoms with Crippen LogP contribution in [0, 0.1) is 16.4 Å². The number of nitrogens with one attached hydrogen (secondary N) is 1. The number of rotatable bonds is 8. The lowest BCUT2D eigenvalue weighted by molar-refractivity contribution is -0.208. The number of H-pyrrole nitrogens is 1. The van der Waals surface area contributed by atoms with E-state index in [2.05, 4.69) is 25.2 Å². The summed E-state index contributed by atoms with van der Waals surface area (Å²) in [5.41, 5.74) is -5.23. The van der Waals surface area contributed by atoms with E-state index >= 15 is 8.78 Å². The van der Waals surface area contributed by atoms with Crippen LogP contribution in [0.2, 0.25) is 0 Å². The quantitative estimate of drug-likeness (QED) is 0.392. The molecule has 0 aliphatic carbocycles. The summed E-state index contributed by atoms with van der Waals surface area (Å²) in [6.07, 6.45) is 0.844. The van der Waals surface area contributed by atoms with Crippen molar-refractivity contribution >= 4 is 12.2 Å². The molecule has 0 saturated carbocycles. The van der Waals surface area contributed by atoms with Gasteiger partial charge in [0.1, 0.15) is 17.3 Å². The number of aromatic amines is 1. The standard InChI is InChI=1S/C17H13F6N5O2S/c18-10-2-3-11(12(19)5-10)16(29,8-28-15(31)25-26-27-28)17(22,23)13-4-1-9(6-24-13)7-30-14(20)21/h1-6,14,29H,7-8H2,(H,25,27,31). The van der Waals surface area contributed by atoms with Gasteiger partial charge >= 0.3 is 12.5 Å². The molecule has 2 N–H and O–H groups in total. The van der Waals surface area contributed by atoms with E-state index in [1.807, 2.05) is 0 Å². The third-order valence-electron chi connectivity index (χ3n) is 4.34. The molecule has 0 bridgehead atoms. The minimum absolute atomic E-state index is 0.0522. The van der Waals surface area contributed by atoms with Gasteiger partial charge in [0.25, 0.3) is 0 Å². The van der Waals surface area contributed by atoms with Gasteiger partial charge in [0.15, 0.2) is 5.60 Å². The highest BCUT2D eigenvalue weighted by Crippen LogP contribution is 2.46. The smallest absolute Gasteiger partial charge is 0.345 e. The molecule has 166 valence electrons. The number of benzene rings is 1. The molecule has 0 fully saturated rings. The molecule has 1 aromatic carbocycles. The van der Waals surface area contributed by atoms with Crippen LogP contribution in [-0.2, 0) is 29.4 Å². The molecule has 2 aromatic heterocycles. The van der Waals surface area contributed by atoms with Crippen molar-refractivity contribution in [2.75, 3.05) is 0 Å². The molecule has 0 saturated heterocycles. The Morgan fingerprint density at radius 2 is 1.94 bits per heavy atom. The summed E-state index contributed by atoms with van der Waals surface area (Å²) in [7, 11) is 0. The van der Waals surface area contributed by atoms with Crippen molar-refractivity contribution in [3.63, 3.8) is 0 Å². The number of hydrogen-bond acceptors (Lipinski definition) is 6. The van der Waals surface area contributed by atoms with Crippen molar-refractivity contribution in [3.05, 3.63) is 69.8 Å². The van der Waals surface area contributed by atoms with Crippen LogP contribution < -0.4 is 0 Å². The summed E-state index contributed by atoms with van der Waals surface area (Å²) < 4.78 is 87.6. The van der Waals surface area contributed by atoms with E-state index in [0.29, 0.717) is 18.2 Å². The van der Waals surface area contributed by atoms with Crippen LogP contribution in [-0.4, -0.2) is 36.9 Å². The third-order valence-corrected chi connectivity index (χ3v) is 4.64. The SMILES string of the molecule is OC(Cn1[nH]nnc1=S)(c1ccc(F)cc1F)C(F)(F)c1ccc(COC(F)F)cn1. The van der Waals surface area contributed by atoms with Crippen LogP contribution in [0.5, 0.6) is 0 Å². The number of tetrazole rings is 1. The van der Waals surface area contributed by atoms with E-state index in [4.69, 9.17) is 12.2 Å². The Morgan fingerprint density at radius 1 is 1.19 bits per heavy atom. The first-order chi connectivity index (χ1) is 14.5. The van der Waals surface area contributed by atoms with Crippen LogP contribution in [0.4, 0.5) is 26.3 Å². The maximum absolute atomic E-state index is 15.5. The molecule has 1 atom stereocenters. The van der Waals surface area contributed by atoms with Crippen molar-refractivity contribution in [1.82, 2.24) is 25.2 Å². The Hall–Kier alpha value is -2.84. The summed E-state index contributed by atoms with van der Waals surface area (Å²) in [5.74, 6) is -6.76. The molecule has 2 heterocycles. The van der Waals surface area contributed by atoms with E-state index in [0.717, 1.165) is 23.0 Å². The zero-order valence-corrected chi connectivity index (χ0v) is 16.1. The molecular weight excluding hydrogens is 452 g/mol. The number of ether oxygens (including phenoxy) is 1. The van der Waals surface area contributed by atoms with Gasteiger partial charge in [-0.2, -0.15) is 22.8 Å². The molecule has 0 aliphatic heterocycles. The summed E-state index contributed by atoms with van der Waals surface area (Å²) in [5, 5.41) is 20.0. The summed E-state index contributed by atoms with van der Waals surface area (Å²) in [4.78, 5) is 3.51. The van der Waals surface area contributed by atoms with E-state index in [-0.39, 0.29) is 10.3 Å². The van der Waals surface area contributed by atoms with Crippen molar-refractivity contribution in [3.8, 4) is 0 Å². The second kappa shape index (κ2) is 8.72. The van der Waals surface area contributed by atoms with Crippen molar-refractivity contribution in [1.29, 1.82) is 0 Å². The Morgan fingerprint density at radius 3 is 2.48 bits per heavy atom. The van der Waals surface area contributed by atoms with E-state index < -0.39 is 54.2 Å². The van der Waals surface area contributed by atoms with Crippen molar-refractivity contribution < 1.29 is 36.2 Å². The highest BCUT2D eigenvalue weighted by atomic mass is 32.1. The fraction of sp³-hybridized carbons (Fsp3) is 0.294. The number of nitrogens with zero attached hydrogens (tertiary/aromatic N) is 4. The average molecular weight is 465 g/mol. The fourth-order valence-corrected chi connectivity index (χ4v) is 2.94. The predicted octanol–water partition coefficient (Wildman–Crippen LogP) is 3.43. The summed E-state index contributed by atoms with van der Waals surface area (Å²) in [6, 6.07) is 3.49. The van der Waals surface area contributed by atoms with Crippen LogP contribution in [0.1, 0.15) is 16.8 Å². The van der Waals surface area contributed by atoms with Crippen LogP contribution in [0.15, 0.2) is 36.5 Å². The monoisotopic (exact) mass is 465 g/mol. The lowest BCUT2D eigenvalue weighted by Crippen LogP contribution is -2.48. The van der Waals surface area contributed by atoms with Crippen molar-refractivity contribution in [2.24, 2.45) is 0 Å². The molecule has 0 spiro atoms. The largest absolute Gasteiger partial charge is 0.377 e. The van der Waals surface area contributed by atoms with E-state index in [1.165, 1.54) is 0 Å². The van der Waals surface area contributed by atoms with Gasteiger partial charge in [0, 0.05) is 17.8 Å². The first-order valence-corrected chi connectivity index (χ1v) is 8.84. The minimum atomic E-state index is -4.27. The molecule has 1 unspecified atom stereocenters. The van der Waals surface area contributed by atoms with Gasteiger partial charge in [-0.3, -0.25) is 4.98 Å². The zero-order valence-electron chi connectivity index (χ0n) is 15.3. The number of aromatic nitrogens is 5. The molecule has 3 aromatic rings. The average Bonchev–Trinajstić information content (AvgIpc) is 3.10. The second-order valence-electron chi connectivity index (χ2n) is 6.35. The first kappa shape index (κ1) is 22.8. The van der Waals surface area contributed by atoms with Gasteiger partial charge in [-0.25, -0.2) is 13.5 Å². The maximum atomic E-state index is 15.5. The highest BCUT2D eigenvalue weighted by molar-refractivity contribution is 7.71. The third kappa shape index (κ3) is 4.60. The Labute approximate surface area is 175 Å². The van der Waals surface area contributed by atoms with Crippen LogP contribution >= 0.6 is 12.2 Å². The topological polar surface area (TPSA) is 88.9 Å². The number of alkyl halides is 4. The molecule has 14 heteroatoms. The molecule has 31 heavy (non-hydrogen) atoms. The normalized spacial score (nSPS) is 14.1. The predicted molar refractivity (Wildman–Crippen MR) is 94.4 cm³/mol. The number of pyridine rings is 1. The van der Waals surface area contributed by atoms with E-state index in [1.54, 1.807) is 0 Å². The van der Waals surface area contributed by atoms with Gasteiger partial charge in [0.2, 0.25) is 4.77 Å². The first-order valence-electron chi connectivity index (χ1n) is 8.43. The number of hydrogen-bond donors (Lipinski definition) is 2. The van der Waals surface area contributed by atoms with Gasteiger partial charge < -0.3 is 9.84 Å². The van der Waals surface area contributed by atoms with Crippen LogP contribution in [0.25, 0.3) is 0 Å². The zero-order chi connectivity index (χ0) is 22.8. The Bertz CT molecular complexity index is 1110. The number of halogens is 6. The Balaban J connectivity index is 2.07. The molecule has 0 radical (unpaired) electrons. The molecule has 0 amide bonds. The summed E-state index contributed by atoms with van der Waals surface area (Å²) in [6.45, 7) is -4.71. The molecule has 3 rings (SSSR count). The molecule has 0 aliphatic rings. The number of aliphatic hydroxyl groups is 1. The Kier molecular flexibility index (Phi) is 6.43. The van der Waals surface area contributed by atoms with Crippen LogP contribution in [0.3, 0.4) is 0 Å². The van der Waals surface area contributed by atoms with Gasteiger partial charge in [-0.1, -0.05) is 16.4 Å². The van der Waals surface area contributed by atoms with Gasteiger partial charge in [0.05, 0.1) is 13.2 Å². The second-order valence-corrected chi connectivity index (χ2v) is 6.72.